The van der Waals surface area contributed by atoms with E-state index < -0.39 is 0 Å². The SMILES string of the molecule is CN(c1c(Cl)cccc1CO)C1CCOCC1. The van der Waals surface area contributed by atoms with E-state index in [4.69, 9.17) is 16.3 Å². The van der Waals surface area contributed by atoms with E-state index >= 15 is 0 Å². The molecule has 0 aliphatic carbocycles. The molecule has 0 atom stereocenters. The average Bonchev–Trinajstić information content (AvgIpc) is 2.38. The van der Waals surface area contributed by atoms with Gasteiger partial charge in [-0.15, -0.1) is 0 Å². The highest BCUT2D eigenvalue weighted by Gasteiger charge is 2.22. The number of aliphatic hydroxyl groups is 1. The van der Waals surface area contributed by atoms with Crippen molar-refractivity contribution < 1.29 is 9.84 Å². The second-order valence-corrected chi connectivity index (χ2v) is 4.77. The van der Waals surface area contributed by atoms with Gasteiger partial charge in [0.15, 0.2) is 0 Å². The Morgan fingerprint density at radius 3 is 2.76 bits per heavy atom. The number of nitrogens with zero attached hydrogens (tertiary/aromatic N) is 1. The molecule has 2 rings (SSSR count). The van der Waals surface area contributed by atoms with Gasteiger partial charge in [0.2, 0.25) is 0 Å². The molecule has 0 spiro atoms. The van der Waals surface area contributed by atoms with Crippen LogP contribution in [0.2, 0.25) is 5.02 Å². The maximum Gasteiger partial charge on any atom is 0.0702 e. The minimum Gasteiger partial charge on any atom is -0.392 e. The zero-order chi connectivity index (χ0) is 12.3. The first-order chi connectivity index (χ1) is 8.24. The standard InChI is InChI=1S/C13H18ClNO2/c1-15(11-5-7-17-8-6-11)13-10(9-16)3-2-4-12(13)14/h2-4,11,16H,5-9H2,1H3. The summed E-state index contributed by atoms with van der Waals surface area (Å²) >= 11 is 6.24. The molecule has 17 heavy (non-hydrogen) atoms. The zero-order valence-electron chi connectivity index (χ0n) is 10.0. The fourth-order valence-corrected chi connectivity index (χ4v) is 2.67. The molecule has 1 fully saturated rings. The number of hydrogen-bond acceptors (Lipinski definition) is 3. The maximum atomic E-state index is 9.38. The Balaban J connectivity index is 2.25. The molecule has 94 valence electrons. The number of benzene rings is 1. The van der Waals surface area contributed by atoms with Gasteiger partial charge in [0.25, 0.3) is 0 Å². The van der Waals surface area contributed by atoms with Crippen LogP contribution in [0.3, 0.4) is 0 Å². The highest BCUT2D eigenvalue weighted by atomic mass is 35.5. The number of aliphatic hydroxyl groups excluding tert-OH is 1. The normalized spacial score (nSPS) is 17.1. The lowest BCUT2D eigenvalue weighted by Gasteiger charge is -2.34. The quantitative estimate of drug-likeness (QED) is 0.901. The fourth-order valence-electron chi connectivity index (χ4n) is 2.34. The largest absolute Gasteiger partial charge is 0.392 e. The van der Waals surface area contributed by atoms with Crippen LogP contribution in [-0.4, -0.2) is 31.4 Å². The Bertz CT molecular complexity index is 378. The Labute approximate surface area is 107 Å². The topological polar surface area (TPSA) is 32.7 Å². The lowest BCUT2D eigenvalue weighted by atomic mass is 10.1. The summed E-state index contributed by atoms with van der Waals surface area (Å²) in [6.45, 7) is 1.62. The van der Waals surface area contributed by atoms with Gasteiger partial charge in [-0.1, -0.05) is 23.7 Å². The second-order valence-electron chi connectivity index (χ2n) is 4.36. The van der Waals surface area contributed by atoms with Crippen molar-refractivity contribution >= 4 is 17.3 Å². The van der Waals surface area contributed by atoms with Crippen molar-refractivity contribution in [2.75, 3.05) is 25.2 Å². The molecule has 0 aromatic heterocycles. The molecule has 1 aromatic carbocycles. The van der Waals surface area contributed by atoms with Crippen LogP contribution in [-0.2, 0) is 11.3 Å². The van der Waals surface area contributed by atoms with Crippen LogP contribution >= 0.6 is 11.6 Å². The average molecular weight is 256 g/mol. The maximum absolute atomic E-state index is 9.38. The van der Waals surface area contributed by atoms with Crippen LogP contribution in [0.1, 0.15) is 18.4 Å². The van der Waals surface area contributed by atoms with Crippen LogP contribution in [0.5, 0.6) is 0 Å². The molecule has 0 amide bonds. The summed E-state index contributed by atoms with van der Waals surface area (Å²) in [4.78, 5) is 2.18. The third-order valence-electron chi connectivity index (χ3n) is 3.33. The van der Waals surface area contributed by atoms with E-state index in [0.29, 0.717) is 11.1 Å². The van der Waals surface area contributed by atoms with Crippen molar-refractivity contribution in [3.63, 3.8) is 0 Å². The third kappa shape index (κ3) is 2.73. The van der Waals surface area contributed by atoms with Crippen LogP contribution in [0.25, 0.3) is 0 Å². The zero-order valence-corrected chi connectivity index (χ0v) is 10.8. The van der Waals surface area contributed by atoms with Crippen molar-refractivity contribution in [3.05, 3.63) is 28.8 Å². The van der Waals surface area contributed by atoms with Crippen molar-refractivity contribution in [1.29, 1.82) is 0 Å². The van der Waals surface area contributed by atoms with E-state index in [1.807, 2.05) is 25.2 Å². The molecule has 3 nitrogen and oxygen atoms in total. The Kier molecular flexibility index (Phi) is 4.26. The molecule has 4 heteroatoms. The van der Waals surface area contributed by atoms with E-state index in [-0.39, 0.29) is 6.61 Å². The summed E-state index contributed by atoms with van der Waals surface area (Å²) in [5.41, 5.74) is 1.83. The molecule has 0 radical (unpaired) electrons. The number of para-hydroxylation sites is 1. The minimum atomic E-state index is 0.0173. The van der Waals surface area contributed by atoms with Crippen LogP contribution < -0.4 is 4.90 Å². The molecule has 0 unspecified atom stereocenters. The van der Waals surface area contributed by atoms with Gasteiger partial charge in [-0.25, -0.2) is 0 Å². The van der Waals surface area contributed by atoms with Crippen molar-refractivity contribution in [1.82, 2.24) is 0 Å². The number of anilines is 1. The predicted octanol–water partition coefficient (Wildman–Crippen LogP) is 2.45. The summed E-state index contributed by atoms with van der Waals surface area (Å²) in [6, 6.07) is 6.09. The van der Waals surface area contributed by atoms with Crippen LogP contribution in [0, 0.1) is 0 Å². The summed E-state index contributed by atoms with van der Waals surface area (Å²) in [6.07, 6.45) is 2.01. The van der Waals surface area contributed by atoms with E-state index in [0.717, 1.165) is 37.3 Å². The molecule has 0 bridgehead atoms. The second kappa shape index (κ2) is 5.71. The lowest BCUT2D eigenvalue weighted by molar-refractivity contribution is 0.0854. The molecule has 1 saturated heterocycles. The molecule has 0 saturated carbocycles. The first-order valence-corrected chi connectivity index (χ1v) is 6.30. The Morgan fingerprint density at radius 1 is 1.41 bits per heavy atom. The van der Waals surface area contributed by atoms with Crippen molar-refractivity contribution in [2.24, 2.45) is 0 Å². The summed E-state index contributed by atoms with van der Waals surface area (Å²) in [5.74, 6) is 0. The molecule has 1 aromatic rings. The predicted molar refractivity (Wildman–Crippen MR) is 69.6 cm³/mol. The van der Waals surface area contributed by atoms with Crippen LogP contribution in [0.15, 0.2) is 18.2 Å². The molecule has 1 aliphatic heterocycles. The van der Waals surface area contributed by atoms with E-state index in [9.17, 15) is 5.11 Å². The summed E-state index contributed by atoms with van der Waals surface area (Å²) in [7, 11) is 2.04. The van der Waals surface area contributed by atoms with Gasteiger partial charge in [-0.2, -0.15) is 0 Å². The van der Waals surface area contributed by atoms with Gasteiger partial charge in [0.05, 0.1) is 17.3 Å². The number of ether oxygens (including phenoxy) is 1. The van der Waals surface area contributed by atoms with Gasteiger partial charge < -0.3 is 14.7 Å². The number of halogens is 1. The highest BCUT2D eigenvalue weighted by molar-refractivity contribution is 6.33. The number of hydrogen-bond donors (Lipinski definition) is 1. The summed E-state index contributed by atoms with van der Waals surface area (Å²) < 4.78 is 5.36. The van der Waals surface area contributed by atoms with Gasteiger partial charge in [0.1, 0.15) is 0 Å². The van der Waals surface area contributed by atoms with Gasteiger partial charge in [-0.05, 0) is 18.9 Å². The smallest absolute Gasteiger partial charge is 0.0702 e. The fraction of sp³-hybridized carbons (Fsp3) is 0.538. The summed E-state index contributed by atoms with van der Waals surface area (Å²) in [5, 5.41) is 10.1. The Morgan fingerprint density at radius 2 is 2.12 bits per heavy atom. The molecule has 1 aliphatic rings. The van der Waals surface area contributed by atoms with E-state index in [1.165, 1.54) is 0 Å². The lowest BCUT2D eigenvalue weighted by Crippen LogP contribution is -2.37. The third-order valence-corrected chi connectivity index (χ3v) is 3.64. The van der Waals surface area contributed by atoms with E-state index in [1.54, 1.807) is 0 Å². The highest BCUT2D eigenvalue weighted by Crippen LogP contribution is 2.32. The molecular formula is C13H18ClNO2. The van der Waals surface area contributed by atoms with Crippen LogP contribution in [0.4, 0.5) is 5.69 Å². The Hall–Kier alpha value is -0.770. The van der Waals surface area contributed by atoms with Crippen molar-refractivity contribution in [2.45, 2.75) is 25.5 Å². The van der Waals surface area contributed by atoms with Gasteiger partial charge >= 0.3 is 0 Å². The molecule has 1 heterocycles. The first kappa shape index (κ1) is 12.7. The molecule has 1 N–H and O–H groups in total. The number of rotatable bonds is 3. The van der Waals surface area contributed by atoms with Crippen molar-refractivity contribution in [3.8, 4) is 0 Å². The first-order valence-electron chi connectivity index (χ1n) is 5.93. The minimum absolute atomic E-state index is 0.0173. The van der Waals surface area contributed by atoms with Gasteiger partial charge in [-0.3, -0.25) is 0 Å². The van der Waals surface area contributed by atoms with E-state index in [2.05, 4.69) is 4.90 Å². The monoisotopic (exact) mass is 255 g/mol. The molecular weight excluding hydrogens is 238 g/mol. The van der Waals surface area contributed by atoms with Gasteiger partial charge in [0, 0.05) is 31.9 Å².